The van der Waals surface area contributed by atoms with Gasteiger partial charge in [0.1, 0.15) is 0 Å². The first-order valence-electron chi connectivity index (χ1n) is 9.21. The van der Waals surface area contributed by atoms with E-state index in [0.29, 0.717) is 19.4 Å². The summed E-state index contributed by atoms with van der Waals surface area (Å²) in [4.78, 5) is 17.2. The van der Waals surface area contributed by atoms with E-state index < -0.39 is 41.3 Å². The molecule has 0 saturated carbocycles. The zero-order valence-corrected chi connectivity index (χ0v) is 15.7. The molecule has 0 aliphatic carbocycles. The predicted molar refractivity (Wildman–Crippen MR) is 96.0 cm³/mol. The zero-order chi connectivity index (χ0) is 22.1. The molecule has 1 aromatic heterocycles. The molecular formula is C20H19F6N3O. The largest absolute Gasteiger partial charge is 0.418 e. The Hall–Kier alpha value is -2.62. The van der Waals surface area contributed by atoms with Crippen molar-refractivity contribution in [2.24, 2.45) is 11.7 Å². The van der Waals surface area contributed by atoms with Gasteiger partial charge in [0, 0.05) is 12.7 Å². The lowest BCUT2D eigenvalue weighted by molar-refractivity contribution is -0.139. The Kier molecular flexibility index (Phi) is 6.07. The molecule has 162 valence electrons. The number of rotatable bonds is 4. The molecule has 2 aromatic rings. The standard InChI is InChI=1S/C20H19F6N3O/c21-19(22,23)14-7-5-12(6-8-14)17(29-10-2-3-13(11-29)18(27)30)16-15(20(24,25)26)4-1-9-28-16/h1,4-9,13,17H,2-3,10-11H2,(H2,27,30)/t13?,17-/m0/s1. The number of aromatic nitrogens is 1. The molecule has 0 radical (unpaired) electrons. The smallest absolute Gasteiger partial charge is 0.369 e. The van der Waals surface area contributed by atoms with Gasteiger partial charge < -0.3 is 5.73 Å². The van der Waals surface area contributed by atoms with Crippen molar-refractivity contribution in [2.75, 3.05) is 13.1 Å². The van der Waals surface area contributed by atoms with E-state index in [1.807, 2.05) is 0 Å². The van der Waals surface area contributed by atoms with Crippen LogP contribution in [0.5, 0.6) is 0 Å². The summed E-state index contributed by atoms with van der Waals surface area (Å²) >= 11 is 0. The van der Waals surface area contributed by atoms with E-state index in [1.54, 1.807) is 4.90 Å². The molecule has 2 N–H and O–H groups in total. The number of piperidine rings is 1. The Labute approximate surface area is 168 Å². The fraction of sp³-hybridized carbons (Fsp3) is 0.400. The highest BCUT2D eigenvalue weighted by Gasteiger charge is 2.40. The Morgan fingerprint density at radius 1 is 1.07 bits per heavy atom. The summed E-state index contributed by atoms with van der Waals surface area (Å²) in [6.45, 7) is 0.443. The molecular weight excluding hydrogens is 412 g/mol. The van der Waals surface area contributed by atoms with Crippen molar-refractivity contribution < 1.29 is 31.1 Å². The fourth-order valence-corrected chi connectivity index (χ4v) is 3.74. The minimum Gasteiger partial charge on any atom is -0.369 e. The highest BCUT2D eigenvalue weighted by molar-refractivity contribution is 5.77. The van der Waals surface area contributed by atoms with Crippen LogP contribution in [-0.4, -0.2) is 28.9 Å². The van der Waals surface area contributed by atoms with Crippen LogP contribution >= 0.6 is 0 Å². The number of benzene rings is 1. The van der Waals surface area contributed by atoms with Crippen molar-refractivity contribution in [1.29, 1.82) is 0 Å². The zero-order valence-electron chi connectivity index (χ0n) is 15.7. The third kappa shape index (κ3) is 4.75. The average molecular weight is 431 g/mol. The fourth-order valence-electron chi connectivity index (χ4n) is 3.74. The van der Waals surface area contributed by atoms with Crippen LogP contribution in [0, 0.1) is 5.92 Å². The normalized spacial score (nSPS) is 19.5. The summed E-state index contributed by atoms with van der Waals surface area (Å²) in [6.07, 6.45) is -7.05. The van der Waals surface area contributed by atoms with Crippen LogP contribution in [0.1, 0.15) is 41.3 Å². The summed E-state index contributed by atoms with van der Waals surface area (Å²) < 4.78 is 79.7. The maximum absolute atomic E-state index is 13.6. The monoisotopic (exact) mass is 431 g/mol. The van der Waals surface area contributed by atoms with E-state index in [1.165, 1.54) is 6.20 Å². The lowest BCUT2D eigenvalue weighted by Crippen LogP contribution is -2.43. The lowest BCUT2D eigenvalue weighted by Gasteiger charge is -2.38. The van der Waals surface area contributed by atoms with Gasteiger partial charge in [-0.3, -0.25) is 14.7 Å². The van der Waals surface area contributed by atoms with E-state index in [2.05, 4.69) is 4.98 Å². The number of hydrogen-bond donors (Lipinski definition) is 1. The SMILES string of the molecule is NC(=O)C1CCCN([C@@H](c2ccc(C(F)(F)F)cc2)c2ncccc2C(F)(F)F)C1. The number of nitrogens with zero attached hydrogens (tertiary/aromatic N) is 2. The van der Waals surface area contributed by atoms with Gasteiger partial charge in [-0.1, -0.05) is 12.1 Å². The number of carbonyl (C=O) groups excluding carboxylic acids is 1. The van der Waals surface area contributed by atoms with E-state index in [4.69, 9.17) is 5.73 Å². The van der Waals surface area contributed by atoms with Gasteiger partial charge in [-0.2, -0.15) is 26.3 Å². The van der Waals surface area contributed by atoms with E-state index in [0.717, 1.165) is 36.4 Å². The second kappa shape index (κ2) is 8.25. The first kappa shape index (κ1) is 22.1. The quantitative estimate of drug-likeness (QED) is 0.730. The topological polar surface area (TPSA) is 59.2 Å². The molecule has 4 nitrogen and oxygen atoms in total. The van der Waals surface area contributed by atoms with Gasteiger partial charge in [-0.25, -0.2) is 0 Å². The number of amides is 1. The number of nitrogens with two attached hydrogens (primary N) is 1. The van der Waals surface area contributed by atoms with Crippen molar-refractivity contribution in [1.82, 2.24) is 9.88 Å². The molecule has 1 fully saturated rings. The Bertz CT molecular complexity index is 895. The summed E-state index contributed by atoms with van der Waals surface area (Å²) in [5.41, 5.74) is 3.40. The molecule has 10 heteroatoms. The Morgan fingerprint density at radius 3 is 2.30 bits per heavy atom. The van der Waals surface area contributed by atoms with E-state index in [-0.39, 0.29) is 17.8 Å². The van der Waals surface area contributed by atoms with Crippen LogP contribution in [0.4, 0.5) is 26.3 Å². The molecule has 1 amide bonds. The van der Waals surface area contributed by atoms with Crippen molar-refractivity contribution >= 4 is 5.91 Å². The van der Waals surface area contributed by atoms with Gasteiger partial charge in [0.2, 0.25) is 5.91 Å². The van der Waals surface area contributed by atoms with Gasteiger partial charge in [-0.05, 0) is 49.2 Å². The molecule has 0 spiro atoms. The van der Waals surface area contributed by atoms with Crippen LogP contribution in [-0.2, 0) is 17.1 Å². The number of primary amides is 1. The maximum atomic E-state index is 13.6. The van der Waals surface area contributed by atoms with Gasteiger partial charge in [0.05, 0.1) is 28.8 Å². The second-order valence-electron chi connectivity index (χ2n) is 7.19. The second-order valence-corrected chi connectivity index (χ2v) is 7.19. The van der Waals surface area contributed by atoms with E-state index >= 15 is 0 Å². The average Bonchev–Trinajstić information content (AvgIpc) is 2.68. The highest BCUT2D eigenvalue weighted by Crippen LogP contribution is 2.40. The third-order valence-electron chi connectivity index (χ3n) is 5.18. The van der Waals surface area contributed by atoms with Crippen molar-refractivity contribution in [3.05, 3.63) is 65.0 Å². The first-order valence-corrected chi connectivity index (χ1v) is 9.21. The predicted octanol–water partition coefficient (Wildman–Crippen LogP) is 4.41. The van der Waals surface area contributed by atoms with Crippen molar-refractivity contribution in [2.45, 2.75) is 31.2 Å². The molecule has 1 aliphatic heterocycles. The van der Waals surface area contributed by atoms with Gasteiger partial charge >= 0.3 is 12.4 Å². The van der Waals surface area contributed by atoms with Crippen LogP contribution in [0.25, 0.3) is 0 Å². The number of halogens is 6. The third-order valence-corrected chi connectivity index (χ3v) is 5.18. The van der Waals surface area contributed by atoms with Gasteiger partial charge in [0.15, 0.2) is 0 Å². The van der Waals surface area contributed by atoms with Crippen LogP contribution in [0.2, 0.25) is 0 Å². The summed E-state index contributed by atoms with van der Waals surface area (Å²) in [6, 6.07) is 4.91. The maximum Gasteiger partial charge on any atom is 0.418 e. The number of alkyl halides is 6. The number of pyridine rings is 1. The van der Waals surface area contributed by atoms with Crippen molar-refractivity contribution in [3.8, 4) is 0 Å². The number of carbonyl (C=O) groups is 1. The van der Waals surface area contributed by atoms with Gasteiger partial charge in [-0.15, -0.1) is 0 Å². The molecule has 30 heavy (non-hydrogen) atoms. The molecule has 2 atom stereocenters. The number of hydrogen-bond acceptors (Lipinski definition) is 3. The molecule has 2 heterocycles. The summed E-state index contributed by atoms with van der Waals surface area (Å²) in [7, 11) is 0. The summed E-state index contributed by atoms with van der Waals surface area (Å²) in [5, 5.41) is 0. The molecule has 1 aliphatic rings. The van der Waals surface area contributed by atoms with Gasteiger partial charge in [0.25, 0.3) is 0 Å². The van der Waals surface area contributed by atoms with E-state index in [9.17, 15) is 31.1 Å². The summed E-state index contributed by atoms with van der Waals surface area (Å²) in [5.74, 6) is -1.13. The van der Waals surface area contributed by atoms with Crippen LogP contribution in [0.3, 0.4) is 0 Å². The molecule has 1 saturated heterocycles. The Balaban J connectivity index is 2.10. The molecule has 1 aromatic carbocycles. The first-order chi connectivity index (χ1) is 14.0. The molecule has 0 bridgehead atoms. The van der Waals surface area contributed by atoms with Crippen LogP contribution in [0.15, 0.2) is 42.6 Å². The molecule has 3 rings (SSSR count). The molecule has 1 unspecified atom stereocenters. The van der Waals surface area contributed by atoms with Crippen LogP contribution < -0.4 is 5.73 Å². The minimum absolute atomic E-state index is 0.0922. The highest BCUT2D eigenvalue weighted by atomic mass is 19.4. The minimum atomic E-state index is -4.70. The number of likely N-dealkylation sites (tertiary alicyclic amines) is 1. The Morgan fingerprint density at radius 2 is 1.73 bits per heavy atom. The lowest BCUT2D eigenvalue weighted by atomic mass is 9.91. The van der Waals surface area contributed by atoms with Crippen molar-refractivity contribution in [3.63, 3.8) is 0 Å².